The number of amides is 1. The highest BCUT2D eigenvalue weighted by Gasteiger charge is 2.34. The van der Waals surface area contributed by atoms with E-state index < -0.39 is 11.4 Å². The highest BCUT2D eigenvalue weighted by atomic mass is 35.5. The summed E-state index contributed by atoms with van der Waals surface area (Å²) in [6.45, 7) is 12.6. The summed E-state index contributed by atoms with van der Waals surface area (Å²) in [6, 6.07) is 13.3. The number of benzene rings is 2. The molecule has 1 N–H and O–H groups in total. The fourth-order valence-corrected chi connectivity index (χ4v) is 5.73. The van der Waals surface area contributed by atoms with Gasteiger partial charge in [-0.1, -0.05) is 44.5 Å². The van der Waals surface area contributed by atoms with E-state index in [4.69, 9.17) is 16.3 Å². The Bertz CT molecular complexity index is 1450. The van der Waals surface area contributed by atoms with Crippen LogP contribution in [0.2, 0.25) is 5.02 Å². The Hall–Kier alpha value is -3.32. The van der Waals surface area contributed by atoms with Crippen molar-refractivity contribution in [3.8, 4) is 5.75 Å². The van der Waals surface area contributed by atoms with Gasteiger partial charge < -0.3 is 19.3 Å². The van der Waals surface area contributed by atoms with Crippen molar-refractivity contribution in [2.75, 3.05) is 13.2 Å². The Morgan fingerprint density at radius 2 is 1.73 bits per heavy atom. The molecule has 0 saturated carbocycles. The number of aromatic nitrogens is 1. The third-order valence-electron chi connectivity index (χ3n) is 7.78. The first-order valence-electron chi connectivity index (χ1n) is 14.2. The lowest BCUT2D eigenvalue weighted by Crippen LogP contribution is -2.37. The highest BCUT2D eigenvalue weighted by molar-refractivity contribution is 6.30. The van der Waals surface area contributed by atoms with Crippen molar-refractivity contribution in [1.82, 2.24) is 9.47 Å². The van der Waals surface area contributed by atoms with E-state index >= 15 is 0 Å². The van der Waals surface area contributed by atoms with Gasteiger partial charge in [0, 0.05) is 60.0 Å². The van der Waals surface area contributed by atoms with Crippen molar-refractivity contribution in [2.24, 2.45) is 10.8 Å². The second-order valence-electron chi connectivity index (χ2n) is 13.1. The Balaban J connectivity index is 1.84. The van der Waals surface area contributed by atoms with E-state index in [0.717, 1.165) is 35.9 Å². The van der Waals surface area contributed by atoms with E-state index in [-0.39, 0.29) is 29.6 Å². The highest BCUT2D eigenvalue weighted by Crippen LogP contribution is 2.37. The molecule has 7 nitrogen and oxygen atoms in total. The molecule has 2 aromatic carbocycles. The number of carbonyl (C=O) groups is 3. The summed E-state index contributed by atoms with van der Waals surface area (Å²) in [7, 11) is 0. The van der Waals surface area contributed by atoms with Gasteiger partial charge in [0.1, 0.15) is 12.4 Å². The molecule has 1 atom stereocenters. The minimum atomic E-state index is -1.10. The standard InChI is InChI=1S/C33H41ClN2O5/c1-21(37)35-15-7-8-24(35)20-41-25-13-14-27-26(16-25)30(29(38)18-32(2,3)4)28(17-33(5,6)31(39)40)36(27)19-22-9-11-23(34)12-10-22/h9-14,16,24H,7-8,15,17-20H2,1-6H3,(H,39,40)/t24-/m0/s1. The lowest BCUT2D eigenvalue weighted by molar-refractivity contribution is -0.146. The van der Waals surface area contributed by atoms with Crippen LogP contribution in [-0.4, -0.2) is 51.4 Å². The zero-order chi connectivity index (χ0) is 30.1. The van der Waals surface area contributed by atoms with Gasteiger partial charge in [-0.3, -0.25) is 14.4 Å². The molecule has 0 unspecified atom stereocenters. The average Bonchev–Trinajstić information content (AvgIpc) is 3.45. The molecule has 0 bridgehead atoms. The number of nitrogens with zero attached hydrogens (tertiary/aromatic N) is 2. The molecular weight excluding hydrogens is 540 g/mol. The van der Waals surface area contributed by atoms with Crippen LogP contribution < -0.4 is 4.74 Å². The van der Waals surface area contributed by atoms with Crippen LogP contribution in [0.25, 0.3) is 10.9 Å². The third-order valence-corrected chi connectivity index (χ3v) is 8.03. The van der Waals surface area contributed by atoms with Crippen LogP contribution in [0, 0.1) is 10.8 Å². The molecular formula is C33H41ClN2O5. The van der Waals surface area contributed by atoms with Crippen LogP contribution in [0.3, 0.4) is 0 Å². The summed E-state index contributed by atoms with van der Waals surface area (Å²) in [5, 5.41) is 11.4. The maximum atomic E-state index is 14.0. The second-order valence-corrected chi connectivity index (χ2v) is 13.5. The molecule has 1 fully saturated rings. The molecule has 1 saturated heterocycles. The molecule has 1 amide bonds. The monoisotopic (exact) mass is 580 g/mol. The number of hydrogen-bond donors (Lipinski definition) is 1. The second kappa shape index (κ2) is 11.9. The molecule has 1 aliphatic rings. The van der Waals surface area contributed by atoms with Gasteiger partial charge in [0.05, 0.1) is 11.5 Å². The van der Waals surface area contributed by atoms with Crippen molar-refractivity contribution in [3.63, 3.8) is 0 Å². The molecule has 0 aliphatic carbocycles. The van der Waals surface area contributed by atoms with E-state index in [1.165, 1.54) is 0 Å². The van der Waals surface area contributed by atoms with E-state index in [2.05, 4.69) is 4.57 Å². The zero-order valence-electron chi connectivity index (χ0n) is 24.9. The van der Waals surface area contributed by atoms with Gasteiger partial charge in [0.25, 0.3) is 0 Å². The smallest absolute Gasteiger partial charge is 0.309 e. The van der Waals surface area contributed by atoms with Crippen LogP contribution in [-0.2, 0) is 22.6 Å². The molecule has 2 heterocycles. The molecule has 1 aromatic heterocycles. The molecule has 41 heavy (non-hydrogen) atoms. The summed E-state index contributed by atoms with van der Waals surface area (Å²) >= 11 is 6.14. The predicted octanol–water partition coefficient (Wildman–Crippen LogP) is 7.00. The van der Waals surface area contributed by atoms with Gasteiger partial charge in [-0.05, 0) is 68.0 Å². The van der Waals surface area contributed by atoms with Crippen molar-refractivity contribution < 1.29 is 24.2 Å². The van der Waals surface area contributed by atoms with Crippen LogP contribution in [0.5, 0.6) is 5.75 Å². The van der Waals surface area contributed by atoms with Gasteiger partial charge in [-0.25, -0.2) is 0 Å². The Labute approximate surface area is 247 Å². The van der Waals surface area contributed by atoms with Gasteiger partial charge in [-0.2, -0.15) is 0 Å². The van der Waals surface area contributed by atoms with E-state index in [9.17, 15) is 19.5 Å². The fourth-order valence-electron chi connectivity index (χ4n) is 5.60. The number of carboxylic acids is 1. The maximum Gasteiger partial charge on any atom is 0.309 e. The Morgan fingerprint density at radius 1 is 1.05 bits per heavy atom. The number of ketones is 1. The minimum Gasteiger partial charge on any atom is -0.491 e. The topological polar surface area (TPSA) is 88.8 Å². The summed E-state index contributed by atoms with van der Waals surface area (Å²) in [6.07, 6.45) is 2.34. The lowest BCUT2D eigenvalue weighted by Gasteiger charge is -2.23. The number of rotatable bonds is 10. The summed E-state index contributed by atoms with van der Waals surface area (Å²) in [4.78, 5) is 40.1. The normalized spacial score (nSPS) is 15.9. The number of Topliss-reactive ketones (excluding diaryl/α,β-unsaturated/α-hetero) is 1. The SMILES string of the molecule is CC(=O)N1CCC[C@H]1COc1ccc2c(c1)c(C(=O)CC(C)(C)C)c(CC(C)(C)C(=O)O)n2Cc1ccc(Cl)cc1. The van der Waals surface area contributed by atoms with Crippen molar-refractivity contribution in [2.45, 2.75) is 79.8 Å². The molecule has 0 radical (unpaired) electrons. The number of likely N-dealkylation sites (tertiary alicyclic amines) is 1. The first kappa shape index (κ1) is 30.6. The number of fused-ring (bicyclic) bond motifs is 1. The van der Waals surface area contributed by atoms with E-state index in [1.54, 1.807) is 20.8 Å². The van der Waals surface area contributed by atoms with Crippen LogP contribution >= 0.6 is 11.6 Å². The number of hydrogen-bond acceptors (Lipinski definition) is 4. The molecule has 1 aliphatic heterocycles. The molecule has 3 aromatic rings. The lowest BCUT2D eigenvalue weighted by atomic mass is 9.83. The number of aliphatic carboxylic acids is 1. The average molecular weight is 581 g/mol. The fraction of sp³-hybridized carbons (Fsp3) is 0.485. The largest absolute Gasteiger partial charge is 0.491 e. The van der Waals surface area contributed by atoms with Crippen molar-refractivity contribution in [1.29, 1.82) is 0 Å². The number of carboxylic acid groups (broad SMARTS) is 1. The number of halogens is 1. The molecule has 8 heteroatoms. The first-order valence-corrected chi connectivity index (χ1v) is 14.6. The minimum absolute atomic E-state index is 0.0200. The Kier molecular flexibility index (Phi) is 8.88. The van der Waals surface area contributed by atoms with Crippen molar-refractivity contribution >= 4 is 40.2 Å². The van der Waals surface area contributed by atoms with Crippen LogP contribution in [0.15, 0.2) is 42.5 Å². The maximum absolute atomic E-state index is 14.0. The number of carbonyl (C=O) groups excluding carboxylic acids is 2. The van der Waals surface area contributed by atoms with Crippen LogP contribution in [0.4, 0.5) is 0 Å². The summed E-state index contributed by atoms with van der Waals surface area (Å²) < 4.78 is 8.28. The summed E-state index contributed by atoms with van der Waals surface area (Å²) in [5.41, 5.74) is 1.73. The molecule has 220 valence electrons. The van der Waals surface area contributed by atoms with Gasteiger partial charge in [-0.15, -0.1) is 0 Å². The molecule has 4 rings (SSSR count). The predicted molar refractivity (Wildman–Crippen MR) is 162 cm³/mol. The van der Waals surface area contributed by atoms with Gasteiger partial charge in [0.15, 0.2) is 5.78 Å². The quantitative estimate of drug-likeness (QED) is 0.261. The zero-order valence-corrected chi connectivity index (χ0v) is 25.7. The molecule has 0 spiro atoms. The van der Waals surface area contributed by atoms with Gasteiger partial charge in [0.2, 0.25) is 5.91 Å². The van der Waals surface area contributed by atoms with E-state index in [1.807, 2.05) is 68.1 Å². The van der Waals surface area contributed by atoms with E-state index in [0.29, 0.717) is 41.6 Å². The van der Waals surface area contributed by atoms with Crippen molar-refractivity contribution in [3.05, 3.63) is 64.3 Å². The summed E-state index contributed by atoms with van der Waals surface area (Å²) in [5.74, 6) is -0.285. The third kappa shape index (κ3) is 7.13. The Morgan fingerprint density at radius 3 is 2.34 bits per heavy atom. The van der Waals surface area contributed by atoms with Crippen LogP contribution in [0.1, 0.15) is 82.4 Å². The first-order chi connectivity index (χ1) is 19.2. The van der Waals surface area contributed by atoms with Gasteiger partial charge >= 0.3 is 5.97 Å². The number of ether oxygens (including phenoxy) is 1.